The average Bonchev–Trinajstić information content (AvgIpc) is 3.31. The maximum Gasteiger partial charge on any atom is 0.222 e. The van der Waals surface area contributed by atoms with Gasteiger partial charge in [0.2, 0.25) is 11.0 Å². The van der Waals surface area contributed by atoms with E-state index in [9.17, 15) is 13.2 Å². The van der Waals surface area contributed by atoms with Crippen LogP contribution in [-0.2, 0) is 21.1 Å². The van der Waals surface area contributed by atoms with Crippen LogP contribution in [0.3, 0.4) is 0 Å². The average molecular weight is 444 g/mol. The van der Waals surface area contributed by atoms with E-state index in [1.54, 1.807) is 7.05 Å². The Morgan fingerprint density at radius 3 is 2.66 bits per heavy atom. The van der Waals surface area contributed by atoms with Crippen molar-refractivity contribution in [3.63, 3.8) is 0 Å². The number of aryl methyl sites for hydroxylation is 1. The van der Waals surface area contributed by atoms with E-state index < -0.39 is 9.84 Å². The Morgan fingerprint density at radius 1 is 1.31 bits per heavy atom. The molecule has 1 atom stereocenters. The second-order valence-corrected chi connectivity index (χ2v) is 10.2. The van der Waals surface area contributed by atoms with Crippen molar-refractivity contribution in [2.24, 2.45) is 4.99 Å². The third-order valence-electron chi connectivity index (χ3n) is 5.07. The number of nitrogens with one attached hydrogen (secondary N) is 2. The van der Waals surface area contributed by atoms with Gasteiger partial charge in [0.05, 0.1) is 11.5 Å². The zero-order valence-electron chi connectivity index (χ0n) is 16.9. The lowest BCUT2D eigenvalue weighted by Gasteiger charge is -2.36. The molecule has 0 aromatic carbocycles. The Kier molecular flexibility index (Phi) is 7.28. The van der Waals surface area contributed by atoms with Crippen molar-refractivity contribution in [2.75, 3.05) is 56.2 Å². The molecule has 1 aromatic heterocycles. The highest BCUT2D eigenvalue weighted by molar-refractivity contribution is 7.91. The minimum absolute atomic E-state index is 0.0481. The summed E-state index contributed by atoms with van der Waals surface area (Å²) in [4.78, 5) is 25.3. The molecule has 1 unspecified atom stereocenters. The van der Waals surface area contributed by atoms with Gasteiger partial charge in [-0.15, -0.1) is 0 Å². The predicted octanol–water partition coefficient (Wildman–Crippen LogP) is -0.509. The molecule has 29 heavy (non-hydrogen) atoms. The van der Waals surface area contributed by atoms with Gasteiger partial charge in [-0.2, -0.15) is 4.37 Å². The van der Waals surface area contributed by atoms with Crippen LogP contribution in [0.4, 0.5) is 5.13 Å². The van der Waals surface area contributed by atoms with Crippen molar-refractivity contribution in [3.8, 4) is 0 Å². The van der Waals surface area contributed by atoms with Crippen molar-refractivity contribution in [3.05, 3.63) is 5.82 Å². The molecule has 0 aliphatic carbocycles. The minimum Gasteiger partial charge on any atom is -0.356 e. The molecule has 2 fully saturated rings. The first-order chi connectivity index (χ1) is 13.9. The lowest BCUT2D eigenvalue weighted by Crippen LogP contribution is -2.53. The molecule has 0 spiro atoms. The number of aliphatic imine (C=N–C) groups is 1. The Labute approximate surface area is 175 Å². The molecule has 1 amide bonds. The van der Waals surface area contributed by atoms with E-state index in [4.69, 9.17) is 0 Å². The van der Waals surface area contributed by atoms with E-state index in [-0.39, 0.29) is 29.9 Å². The fourth-order valence-corrected chi connectivity index (χ4v) is 5.93. The van der Waals surface area contributed by atoms with Crippen LogP contribution in [0.2, 0.25) is 0 Å². The molecule has 3 heterocycles. The molecule has 0 saturated carbocycles. The van der Waals surface area contributed by atoms with Crippen molar-refractivity contribution in [1.29, 1.82) is 0 Å². The first-order valence-corrected chi connectivity index (χ1v) is 12.5. The summed E-state index contributed by atoms with van der Waals surface area (Å²) in [6, 6.07) is -0.256. The van der Waals surface area contributed by atoms with Gasteiger partial charge in [0.1, 0.15) is 5.82 Å². The van der Waals surface area contributed by atoms with Gasteiger partial charge in [-0.25, -0.2) is 13.4 Å². The summed E-state index contributed by atoms with van der Waals surface area (Å²) >= 11 is 1.44. The molecule has 162 valence electrons. The van der Waals surface area contributed by atoms with Crippen LogP contribution in [0.25, 0.3) is 0 Å². The first-order valence-electron chi connectivity index (χ1n) is 9.93. The summed E-state index contributed by atoms with van der Waals surface area (Å²) in [6.45, 7) is 5.81. The topological polar surface area (TPSA) is 120 Å². The molecule has 0 radical (unpaired) electrons. The first kappa shape index (κ1) is 21.8. The molecule has 1 aromatic rings. The third-order valence-corrected chi connectivity index (χ3v) is 7.65. The van der Waals surface area contributed by atoms with Crippen LogP contribution in [0.1, 0.15) is 25.6 Å². The van der Waals surface area contributed by atoms with Crippen molar-refractivity contribution in [1.82, 2.24) is 24.9 Å². The van der Waals surface area contributed by atoms with Gasteiger partial charge in [-0.05, 0) is 6.42 Å². The number of rotatable bonds is 6. The van der Waals surface area contributed by atoms with Gasteiger partial charge in [-0.3, -0.25) is 9.79 Å². The lowest BCUT2D eigenvalue weighted by molar-refractivity contribution is -0.121. The Morgan fingerprint density at radius 2 is 2.07 bits per heavy atom. The Bertz CT molecular complexity index is 832. The van der Waals surface area contributed by atoms with Crippen LogP contribution < -0.4 is 15.5 Å². The monoisotopic (exact) mass is 443 g/mol. The van der Waals surface area contributed by atoms with Crippen LogP contribution in [-0.4, -0.2) is 91.9 Å². The fraction of sp³-hybridized carbons (Fsp3) is 0.765. The maximum absolute atomic E-state index is 12.1. The van der Waals surface area contributed by atoms with Gasteiger partial charge in [0.25, 0.3) is 0 Å². The second kappa shape index (κ2) is 9.70. The highest BCUT2D eigenvalue weighted by Gasteiger charge is 2.28. The number of nitrogens with zero attached hydrogens (tertiary/aromatic N) is 5. The van der Waals surface area contributed by atoms with Gasteiger partial charge in [-0.1, -0.05) is 6.92 Å². The fourth-order valence-electron chi connectivity index (χ4n) is 3.46. The predicted molar refractivity (Wildman–Crippen MR) is 114 cm³/mol. The molecule has 2 aliphatic heterocycles. The Hall–Kier alpha value is -1.95. The summed E-state index contributed by atoms with van der Waals surface area (Å²) < 4.78 is 27.3. The van der Waals surface area contributed by atoms with Gasteiger partial charge in [0, 0.05) is 70.2 Å². The molecular formula is C17H29N7O3S2. The zero-order valence-corrected chi connectivity index (χ0v) is 18.6. The Balaban J connectivity index is 1.39. The molecule has 0 bridgehead atoms. The largest absolute Gasteiger partial charge is 0.356 e. The van der Waals surface area contributed by atoms with Gasteiger partial charge >= 0.3 is 0 Å². The van der Waals surface area contributed by atoms with Crippen molar-refractivity contribution < 1.29 is 13.2 Å². The number of anilines is 1. The minimum atomic E-state index is -2.99. The van der Waals surface area contributed by atoms with Crippen LogP contribution >= 0.6 is 11.5 Å². The molecular weight excluding hydrogens is 414 g/mol. The van der Waals surface area contributed by atoms with E-state index in [0.717, 1.165) is 49.5 Å². The number of guanidine groups is 1. The van der Waals surface area contributed by atoms with E-state index in [2.05, 4.69) is 41.7 Å². The SMILES string of the molecule is CCc1nsc(N2CCN(C(=NC)NCCC(=O)NC3CCS(=O)(=O)C3)CC2)n1. The van der Waals surface area contributed by atoms with E-state index >= 15 is 0 Å². The van der Waals surface area contributed by atoms with Crippen molar-refractivity contribution in [2.45, 2.75) is 32.2 Å². The molecule has 2 N–H and O–H groups in total. The standard InChI is InChI=1S/C17H29N7O3S2/c1-3-14-21-17(28-22-14)24-9-7-23(8-10-24)16(18-2)19-6-4-15(25)20-13-5-11-29(26,27)12-13/h13H,3-12H2,1-2H3,(H,18,19)(H,20,25). The number of carbonyl (C=O) groups is 1. The summed E-state index contributed by atoms with van der Waals surface area (Å²) in [7, 11) is -1.25. The summed E-state index contributed by atoms with van der Waals surface area (Å²) in [5.41, 5.74) is 0. The number of hydrogen-bond acceptors (Lipinski definition) is 8. The van der Waals surface area contributed by atoms with E-state index in [1.165, 1.54) is 11.5 Å². The number of hydrogen-bond donors (Lipinski definition) is 2. The molecule has 2 aliphatic rings. The number of amides is 1. The number of aromatic nitrogens is 2. The van der Waals surface area contributed by atoms with Gasteiger partial charge < -0.3 is 20.4 Å². The molecule has 2 saturated heterocycles. The summed E-state index contributed by atoms with van der Waals surface area (Å²) in [6.07, 6.45) is 1.62. The van der Waals surface area contributed by atoms with Crippen molar-refractivity contribution >= 4 is 38.4 Å². The number of sulfone groups is 1. The zero-order chi connectivity index (χ0) is 20.9. The van der Waals surface area contributed by atoms with E-state index in [0.29, 0.717) is 13.0 Å². The number of piperazine rings is 1. The quantitative estimate of drug-likeness (QED) is 0.446. The molecule has 10 nitrogen and oxygen atoms in total. The highest BCUT2D eigenvalue weighted by atomic mass is 32.2. The molecule has 12 heteroatoms. The summed E-state index contributed by atoms with van der Waals surface area (Å²) in [5.74, 6) is 1.73. The third kappa shape index (κ3) is 6.01. The normalized spacial score (nSPS) is 22.0. The highest BCUT2D eigenvalue weighted by Crippen LogP contribution is 2.19. The van der Waals surface area contributed by atoms with Crippen LogP contribution in [0.5, 0.6) is 0 Å². The smallest absolute Gasteiger partial charge is 0.222 e. The van der Waals surface area contributed by atoms with Crippen LogP contribution in [0, 0.1) is 0 Å². The maximum atomic E-state index is 12.1. The lowest BCUT2D eigenvalue weighted by atomic mass is 10.2. The molecule has 3 rings (SSSR count). The van der Waals surface area contributed by atoms with Crippen LogP contribution in [0.15, 0.2) is 4.99 Å². The van der Waals surface area contributed by atoms with E-state index in [1.807, 2.05) is 0 Å². The van der Waals surface area contributed by atoms with Gasteiger partial charge in [0.15, 0.2) is 15.8 Å². The second-order valence-electron chi connectivity index (χ2n) is 7.21. The summed E-state index contributed by atoms with van der Waals surface area (Å²) in [5, 5.41) is 7.01. The number of carbonyl (C=O) groups excluding carboxylic acids is 1.